The third kappa shape index (κ3) is 1.66. The lowest BCUT2D eigenvalue weighted by Crippen LogP contribution is -2.23. The fourth-order valence-electron chi connectivity index (χ4n) is 0.948. The summed E-state index contributed by atoms with van der Waals surface area (Å²) in [6.07, 6.45) is 3.17. The Hall–Kier alpha value is -1.72. The average Bonchev–Trinajstić information content (AvgIpc) is 2.04. The SMILES string of the molecule is [O-][N+](O)=C1C=CCC(=[N+]([O-])O)C1. The van der Waals surface area contributed by atoms with E-state index in [0.29, 0.717) is 0 Å². The Morgan fingerprint density at radius 1 is 1.25 bits per heavy atom. The maximum absolute atomic E-state index is 10.4. The zero-order chi connectivity index (χ0) is 9.14. The molecule has 2 N–H and O–H groups in total. The van der Waals surface area contributed by atoms with Crippen LogP contribution in [0.25, 0.3) is 0 Å². The Morgan fingerprint density at radius 3 is 2.42 bits per heavy atom. The summed E-state index contributed by atoms with van der Waals surface area (Å²) in [5.74, 6) is 0. The molecular weight excluding hydrogens is 164 g/mol. The Balaban J connectivity index is 2.92. The molecular formula is C6H8N2O4. The lowest BCUT2D eigenvalue weighted by atomic mass is 10.0. The van der Waals surface area contributed by atoms with E-state index in [1.807, 2.05) is 0 Å². The van der Waals surface area contributed by atoms with Crippen LogP contribution in [-0.4, -0.2) is 31.6 Å². The molecule has 1 rings (SSSR count). The van der Waals surface area contributed by atoms with Crippen molar-refractivity contribution >= 4 is 11.4 Å². The van der Waals surface area contributed by atoms with Crippen LogP contribution >= 0.6 is 0 Å². The van der Waals surface area contributed by atoms with E-state index in [9.17, 15) is 10.4 Å². The number of rotatable bonds is 0. The highest BCUT2D eigenvalue weighted by Crippen LogP contribution is 2.04. The highest BCUT2D eigenvalue weighted by atomic mass is 16.8. The van der Waals surface area contributed by atoms with Gasteiger partial charge in [0, 0.05) is 15.9 Å². The van der Waals surface area contributed by atoms with Crippen molar-refractivity contribution in [3.63, 3.8) is 0 Å². The van der Waals surface area contributed by atoms with Crippen LogP contribution in [0.5, 0.6) is 0 Å². The van der Waals surface area contributed by atoms with Gasteiger partial charge in [-0.1, -0.05) is 6.08 Å². The molecule has 0 aromatic heterocycles. The van der Waals surface area contributed by atoms with E-state index in [0.717, 1.165) is 0 Å². The van der Waals surface area contributed by atoms with Gasteiger partial charge in [-0.2, -0.15) is 0 Å². The summed E-state index contributed by atoms with van der Waals surface area (Å²) >= 11 is 0. The maximum atomic E-state index is 10.4. The molecule has 0 heterocycles. The van der Waals surface area contributed by atoms with E-state index in [2.05, 4.69) is 0 Å². The topological polar surface area (TPSA) is 92.6 Å². The van der Waals surface area contributed by atoms with Gasteiger partial charge in [-0.05, 0) is 0 Å². The summed E-state index contributed by atoms with van der Waals surface area (Å²) in [5.41, 5.74) is 0.161. The quantitative estimate of drug-likeness (QED) is 0.306. The molecule has 6 heteroatoms. The zero-order valence-electron chi connectivity index (χ0n) is 6.17. The van der Waals surface area contributed by atoms with Crippen molar-refractivity contribution in [3.05, 3.63) is 22.6 Å². The minimum atomic E-state index is -0.320. The first-order valence-corrected chi connectivity index (χ1v) is 3.30. The van der Waals surface area contributed by atoms with E-state index in [4.69, 9.17) is 10.4 Å². The third-order valence-electron chi connectivity index (χ3n) is 1.57. The van der Waals surface area contributed by atoms with Gasteiger partial charge < -0.3 is 10.4 Å². The average molecular weight is 172 g/mol. The predicted octanol–water partition coefficient (Wildman–Crippen LogP) is 0.0174. The van der Waals surface area contributed by atoms with E-state index in [1.165, 1.54) is 12.2 Å². The van der Waals surface area contributed by atoms with Gasteiger partial charge in [-0.25, -0.2) is 0 Å². The normalized spacial score (nSPS) is 25.3. The molecule has 1 aliphatic rings. The minimum Gasteiger partial charge on any atom is -0.418 e. The predicted molar refractivity (Wildman–Crippen MR) is 39.2 cm³/mol. The number of hydrogen-bond donors (Lipinski definition) is 2. The first-order chi connectivity index (χ1) is 5.61. The molecule has 0 unspecified atom stereocenters. The second-order valence-electron chi connectivity index (χ2n) is 2.39. The minimum absolute atomic E-state index is 0.0313. The third-order valence-corrected chi connectivity index (χ3v) is 1.57. The molecule has 66 valence electrons. The van der Waals surface area contributed by atoms with Crippen LogP contribution in [0.4, 0.5) is 0 Å². The van der Waals surface area contributed by atoms with Crippen LogP contribution < -0.4 is 0 Å². The van der Waals surface area contributed by atoms with E-state index < -0.39 is 0 Å². The molecule has 0 amide bonds. The Labute approximate surface area is 68.1 Å². The Bertz CT molecular complexity index is 271. The van der Waals surface area contributed by atoms with Crippen molar-refractivity contribution in [2.75, 3.05) is 0 Å². The van der Waals surface area contributed by atoms with Crippen LogP contribution in [0.3, 0.4) is 0 Å². The second-order valence-corrected chi connectivity index (χ2v) is 2.39. The van der Waals surface area contributed by atoms with Crippen molar-refractivity contribution in [2.24, 2.45) is 0 Å². The summed E-state index contributed by atoms with van der Waals surface area (Å²) in [6.45, 7) is 0. The highest BCUT2D eigenvalue weighted by Gasteiger charge is 2.22. The van der Waals surface area contributed by atoms with Crippen LogP contribution in [0, 0.1) is 10.4 Å². The fraction of sp³-hybridized carbons (Fsp3) is 0.333. The highest BCUT2D eigenvalue weighted by molar-refractivity contribution is 6.08. The molecule has 0 bridgehead atoms. The van der Waals surface area contributed by atoms with Crippen molar-refractivity contribution in [1.82, 2.24) is 0 Å². The molecule has 0 aliphatic heterocycles. The fourth-order valence-corrected chi connectivity index (χ4v) is 0.948. The van der Waals surface area contributed by atoms with Gasteiger partial charge in [-0.15, -0.1) is 0 Å². The van der Waals surface area contributed by atoms with Crippen molar-refractivity contribution in [3.8, 4) is 0 Å². The number of allylic oxidation sites excluding steroid dienone is 2. The zero-order valence-corrected chi connectivity index (χ0v) is 6.17. The molecule has 1 aliphatic carbocycles. The van der Waals surface area contributed by atoms with Gasteiger partial charge in [0.15, 0.2) is 0 Å². The van der Waals surface area contributed by atoms with Crippen LogP contribution in [0.1, 0.15) is 12.8 Å². The summed E-state index contributed by atoms with van der Waals surface area (Å²) in [6, 6.07) is 0. The van der Waals surface area contributed by atoms with Crippen LogP contribution in [-0.2, 0) is 0 Å². The molecule has 0 atom stereocenters. The summed E-state index contributed by atoms with van der Waals surface area (Å²) in [4.78, 5) is -0.605. The lowest BCUT2D eigenvalue weighted by Gasteiger charge is -2.02. The molecule has 0 aromatic rings. The largest absolute Gasteiger partial charge is 0.418 e. The number of nitrogens with zero attached hydrogens (tertiary/aromatic N) is 2. The van der Waals surface area contributed by atoms with Crippen molar-refractivity contribution in [2.45, 2.75) is 12.8 Å². The van der Waals surface area contributed by atoms with Gasteiger partial charge in [0.05, 0.1) is 6.42 Å². The van der Waals surface area contributed by atoms with E-state index >= 15 is 0 Å². The van der Waals surface area contributed by atoms with Gasteiger partial charge >= 0.3 is 0 Å². The van der Waals surface area contributed by atoms with Gasteiger partial charge in [0.1, 0.15) is 6.42 Å². The molecule has 0 aromatic carbocycles. The molecule has 12 heavy (non-hydrogen) atoms. The lowest BCUT2D eigenvalue weighted by molar-refractivity contribution is -0.730. The summed E-state index contributed by atoms with van der Waals surface area (Å²) in [7, 11) is 0. The van der Waals surface area contributed by atoms with E-state index in [-0.39, 0.29) is 34.1 Å². The van der Waals surface area contributed by atoms with Crippen molar-refractivity contribution < 1.29 is 20.2 Å². The first kappa shape index (κ1) is 8.38. The summed E-state index contributed by atoms with van der Waals surface area (Å²) in [5, 5.41) is 37.6. The molecule has 0 saturated heterocycles. The smallest absolute Gasteiger partial charge is 0.254 e. The molecule has 0 saturated carbocycles. The van der Waals surface area contributed by atoms with Gasteiger partial charge in [0.25, 0.3) is 5.71 Å². The Morgan fingerprint density at radius 2 is 1.92 bits per heavy atom. The first-order valence-electron chi connectivity index (χ1n) is 3.30. The van der Waals surface area contributed by atoms with Crippen molar-refractivity contribution in [1.29, 1.82) is 0 Å². The summed E-state index contributed by atoms with van der Waals surface area (Å²) < 4.78 is 0. The Kier molecular flexibility index (Phi) is 2.18. The van der Waals surface area contributed by atoms with Gasteiger partial charge in [0.2, 0.25) is 5.71 Å². The number of hydrogen-bond acceptors (Lipinski definition) is 4. The van der Waals surface area contributed by atoms with E-state index in [1.54, 1.807) is 0 Å². The van der Waals surface area contributed by atoms with Crippen LogP contribution in [0.15, 0.2) is 12.2 Å². The molecule has 0 spiro atoms. The second kappa shape index (κ2) is 3.12. The maximum Gasteiger partial charge on any atom is 0.254 e. The standard InChI is InChI=1S/C6H8N2O4/c9-7(10)5-2-1-3-6(4-5)8(11)12/h1-2H,3-4H2,(H,9,10)(H,11,12). The monoisotopic (exact) mass is 172 g/mol. The van der Waals surface area contributed by atoms with Crippen LogP contribution in [0.2, 0.25) is 0 Å². The molecule has 0 radical (unpaired) electrons. The molecule has 0 fully saturated rings. The molecule has 6 nitrogen and oxygen atoms in total. The van der Waals surface area contributed by atoms with Gasteiger partial charge in [-0.3, -0.25) is 10.4 Å².